The highest BCUT2D eigenvalue weighted by Crippen LogP contribution is 2.15. The molecule has 1 aromatic carbocycles. The van der Waals surface area contributed by atoms with Gasteiger partial charge in [0.25, 0.3) is 0 Å². The highest BCUT2D eigenvalue weighted by molar-refractivity contribution is 5.68. The van der Waals surface area contributed by atoms with Crippen LogP contribution in [-0.2, 0) is 11.3 Å². The minimum Gasteiger partial charge on any atom is -0.465 e. The molecule has 23 heavy (non-hydrogen) atoms. The van der Waals surface area contributed by atoms with Crippen LogP contribution in [0.4, 0.5) is 9.59 Å². The quantitative estimate of drug-likeness (QED) is 0.880. The van der Waals surface area contributed by atoms with Crippen molar-refractivity contribution >= 4 is 12.2 Å². The fraction of sp³-hybridized carbons (Fsp3) is 0.500. The molecule has 0 saturated carbocycles. The number of carbonyl (C=O) groups excluding carboxylic acids is 1. The Morgan fingerprint density at radius 1 is 1.35 bits per heavy atom. The van der Waals surface area contributed by atoms with Gasteiger partial charge in [-0.3, -0.25) is 0 Å². The maximum atomic E-state index is 12.0. The van der Waals surface area contributed by atoms with Crippen molar-refractivity contribution in [2.45, 2.75) is 25.1 Å². The van der Waals surface area contributed by atoms with E-state index in [1.165, 1.54) is 4.90 Å². The van der Waals surface area contributed by atoms with E-state index in [9.17, 15) is 9.59 Å². The Bertz CT molecular complexity index is 535. The Hall–Kier alpha value is -2.28. The number of likely N-dealkylation sites (tertiary alicyclic amines) is 1. The zero-order valence-corrected chi connectivity index (χ0v) is 13.4. The molecule has 0 radical (unpaired) electrons. The Balaban J connectivity index is 1.87. The highest BCUT2D eigenvalue weighted by atomic mass is 16.5. The van der Waals surface area contributed by atoms with Gasteiger partial charge in [0.15, 0.2) is 0 Å². The Morgan fingerprint density at radius 2 is 2.04 bits per heavy atom. The number of carbonyl (C=O) groups is 2. The molecule has 0 spiro atoms. The second-order valence-corrected chi connectivity index (χ2v) is 5.86. The fourth-order valence-electron chi connectivity index (χ4n) is 2.71. The summed E-state index contributed by atoms with van der Waals surface area (Å²) in [6, 6.07) is 9.25. The normalized spacial score (nSPS) is 21.1. The van der Waals surface area contributed by atoms with Crippen molar-refractivity contribution in [3.63, 3.8) is 0 Å². The van der Waals surface area contributed by atoms with Gasteiger partial charge >= 0.3 is 12.2 Å². The van der Waals surface area contributed by atoms with Crippen molar-refractivity contribution in [3.05, 3.63) is 35.9 Å². The van der Waals surface area contributed by atoms with Crippen LogP contribution in [0.5, 0.6) is 0 Å². The number of piperidine rings is 1. The highest BCUT2D eigenvalue weighted by Gasteiger charge is 2.33. The summed E-state index contributed by atoms with van der Waals surface area (Å²) < 4.78 is 5.23. The monoisotopic (exact) mass is 321 g/mol. The maximum Gasteiger partial charge on any atom is 0.407 e. The number of amides is 2. The lowest BCUT2D eigenvalue weighted by Gasteiger charge is -2.40. The first-order chi connectivity index (χ1) is 11.0. The Labute approximate surface area is 135 Å². The molecule has 7 nitrogen and oxygen atoms in total. The van der Waals surface area contributed by atoms with Crippen LogP contribution in [0.3, 0.4) is 0 Å². The summed E-state index contributed by atoms with van der Waals surface area (Å²) in [7, 11) is 3.75. The molecule has 0 aliphatic carbocycles. The van der Waals surface area contributed by atoms with Gasteiger partial charge in [0, 0.05) is 19.1 Å². The number of carboxylic acid groups (broad SMARTS) is 1. The molecule has 2 atom stereocenters. The molecular formula is C16H23N3O4. The van der Waals surface area contributed by atoms with Crippen molar-refractivity contribution < 1.29 is 19.4 Å². The van der Waals surface area contributed by atoms with Crippen LogP contribution in [0, 0.1) is 0 Å². The molecule has 1 fully saturated rings. The number of hydrogen-bond acceptors (Lipinski definition) is 4. The minimum absolute atomic E-state index is 0.0795. The molecule has 0 bridgehead atoms. The summed E-state index contributed by atoms with van der Waals surface area (Å²) in [5.74, 6) is 0. The third-order valence-electron chi connectivity index (χ3n) is 4.03. The second kappa shape index (κ2) is 7.82. The minimum atomic E-state index is -0.929. The van der Waals surface area contributed by atoms with E-state index in [4.69, 9.17) is 9.84 Å². The zero-order chi connectivity index (χ0) is 16.8. The predicted octanol–water partition coefficient (Wildman–Crippen LogP) is 1.60. The molecule has 2 rings (SSSR count). The SMILES string of the molecule is CN(C)[C@H]1CN(C(=O)O)CC[C@H]1NC(=O)OCc1ccccc1. The molecule has 1 aliphatic rings. The van der Waals surface area contributed by atoms with Crippen LogP contribution in [0.1, 0.15) is 12.0 Å². The lowest BCUT2D eigenvalue weighted by Crippen LogP contribution is -2.59. The van der Waals surface area contributed by atoms with Gasteiger partial charge < -0.3 is 25.0 Å². The van der Waals surface area contributed by atoms with Gasteiger partial charge in [-0.05, 0) is 26.1 Å². The first-order valence-corrected chi connectivity index (χ1v) is 7.59. The van der Waals surface area contributed by atoms with Gasteiger partial charge in [0.05, 0.1) is 6.04 Å². The van der Waals surface area contributed by atoms with Gasteiger partial charge in [0.1, 0.15) is 6.61 Å². The Kier molecular flexibility index (Phi) is 5.81. The molecule has 126 valence electrons. The number of hydrogen-bond donors (Lipinski definition) is 2. The molecule has 0 unspecified atom stereocenters. The molecule has 1 aromatic rings. The van der Waals surface area contributed by atoms with E-state index >= 15 is 0 Å². The van der Waals surface area contributed by atoms with E-state index in [-0.39, 0.29) is 18.7 Å². The van der Waals surface area contributed by atoms with E-state index in [1.807, 2.05) is 49.3 Å². The topological polar surface area (TPSA) is 82.1 Å². The summed E-state index contributed by atoms with van der Waals surface area (Å²) in [6.07, 6.45) is -0.841. The summed E-state index contributed by atoms with van der Waals surface area (Å²) in [6.45, 7) is 0.989. The largest absolute Gasteiger partial charge is 0.465 e. The van der Waals surface area contributed by atoms with E-state index in [2.05, 4.69) is 5.32 Å². The molecule has 7 heteroatoms. The average molecular weight is 321 g/mol. The predicted molar refractivity (Wildman–Crippen MR) is 85.2 cm³/mol. The molecule has 2 amide bonds. The van der Waals surface area contributed by atoms with E-state index < -0.39 is 12.2 Å². The zero-order valence-electron chi connectivity index (χ0n) is 13.4. The van der Waals surface area contributed by atoms with Crippen LogP contribution in [0.15, 0.2) is 30.3 Å². The summed E-state index contributed by atoms with van der Waals surface area (Å²) in [5.41, 5.74) is 0.924. The number of ether oxygens (including phenoxy) is 1. The molecule has 0 aromatic heterocycles. The van der Waals surface area contributed by atoms with Gasteiger partial charge in [-0.25, -0.2) is 9.59 Å². The fourth-order valence-corrected chi connectivity index (χ4v) is 2.71. The van der Waals surface area contributed by atoms with Crippen LogP contribution in [-0.4, -0.2) is 66.4 Å². The van der Waals surface area contributed by atoms with Gasteiger partial charge in [-0.1, -0.05) is 30.3 Å². The van der Waals surface area contributed by atoms with E-state index in [0.29, 0.717) is 19.5 Å². The van der Waals surface area contributed by atoms with Crippen LogP contribution in [0.2, 0.25) is 0 Å². The van der Waals surface area contributed by atoms with Crippen LogP contribution >= 0.6 is 0 Å². The third kappa shape index (κ3) is 4.85. The number of nitrogens with zero attached hydrogens (tertiary/aromatic N) is 2. The lowest BCUT2D eigenvalue weighted by atomic mass is 9.99. The van der Waals surface area contributed by atoms with Crippen molar-refractivity contribution in [2.75, 3.05) is 27.2 Å². The lowest BCUT2D eigenvalue weighted by molar-refractivity contribution is 0.0800. The molecule has 1 saturated heterocycles. The number of nitrogens with one attached hydrogen (secondary N) is 1. The standard InChI is InChI=1S/C16H23N3O4/c1-18(2)14-10-19(16(21)22)9-8-13(14)17-15(20)23-11-12-6-4-3-5-7-12/h3-7,13-14H,8-11H2,1-2H3,(H,17,20)(H,21,22)/t13-,14+/m1/s1. The molecule has 2 N–H and O–H groups in total. The molecule has 1 aliphatic heterocycles. The number of alkyl carbamates (subject to hydrolysis) is 1. The first-order valence-electron chi connectivity index (χ1n) is 7.59. The van der Waals surface area contributed by atoms with Gasteiger partial charge in [-0.2, -0.15) is 0 Å². The van der Waals surface area contributed by atoms with Crippen LogP contribution < -0.4 is 5.32 Å². The van der Waals surface area contributed by atoms with Crippen molar-refractivity contribution in [2.24, 2.45) is 0 Å². The van der Waals surface area contributed by atoms with Crippen molar-refractivity contribution in [1.29, 1.82) is 0 Å². The molecular weight excluding hydrogens is 298 g/mol. The summed E-state index contributed by atoms with van der Waals surface area (Å²) in [5, 5.41) is 12.0. The number of benzene rings is 1. The van der Waals surface area contributed by atoms with E-state index in [1.54, 1.807) is 0 Å². The van der Waals surface area contributed by atoms with Crippen molar-refractivity contribution in [3.8, 4) is 0 Å². The van der Waals surface area contributed by atoms with Crippen molar-refractivity contribution in [1.82, 2.24) is 15.1 Å². The van der Waals surface area contributed by atoms with Gasteiger partial charge in [-0.15, -0.1) is 0 Å². The summed E-state index contributed by atoms with van der Waals surface area (Å²) in [4.78, 5) is 26.4. The van der Waals surface area contributed by atoms with E-state index in [0.717, 1.165) is 5.56 Å². The summed E-state index contributed by atoms with van der Waals surface area (Å²) >= 11 is 0. The Morgan fingerprint density at radius 3 is 2.65 bits per heavy atom. The third-order valence-corrected chi connectivity index (χ3v) is 4.03. The number of rotatable bonds is 4. The number of likely N-dealkylation sites (N-methyl/N-ethyl adjacent to an activating group) is 1. The first kappa shape index (κ1) is 17.1. The van der Waals surface area contributed by atoms with Gasteiger partial charge in [0.2, 0.25) is 0 Å². The smallest absolute Gasteiger partial charge is 0.407 e. The average Bonchev–Trinajstić information content (AvgIpc) is 2.54. The van der Waals surface area contributed by atoms with Crippen LogP contribution in [0.25, 0.3) is 0 Å². The molecule has 1 heterocycles. The second-order valence-electron chi connectivity index (χ2n) is 5.86. The maximum absolute atomic E-state index is 12.0.